The molecule has 0 aromatic heterocycles. The second-order valence-electron chi connectivity index (χ2n) is 4.89. The Morgan fingerprint density at radius 3 is 2.84 bits per heavy atom. The van der Waals surface area contributed by atoms with Crippen LogP contribution >= 0.6 is 31.9 Å². The van der Waals surface area contributed by atoms with Gasteiger partial charge >= 0.3 is 0 Å². The minimum absolute atomic E-state index is 0.0938. The van der Waals surface area contributed by atoms with Crippen LogP contribution in [0, 0.1) is 11.7 Å². The van der Waals surface area contributed by atoms with Crippen LogP contribution < -0.4 is 5.32 Å². The highest BCUT2D eigenvalue weighted by molar-refractivity contribution is 9.10. The van der Waals surface area contributed by atoms with Gasteiger partial charge in [-0.15, -0.1) is 0 Å². The Morgan fingerprint density at radius 2 is 2.11 bits per heavy atom. The lowest BCUT2D eigenvalue weighted by Crippen LogP contribution is -2.34. The van der Waals surface area contributed by atoms with E-state index in [-0.39, 0.29) is 11.5 Å². The minimum atomic E-state index is -0.486. The van der Waals surface area contributed by atoms with Gasteiger partial charge in [0.1, 0.15) is 5.82 Å². The third kappa shape index (κ3) is 4.02. The number of benzene rings is 1. The molecule has 1 fully saturated rings. The molecular formula is C14H16Br2FNO. The fourth-order valence-corrected chi connectivity index (χ4v) is 3.52. The summed E-state index contributed by atoms with van der Waals surface area (Å²) in [5.41, 5.74) is 0.0938. The number of carbonyl (C=O) groups is 1. The monoisotopic (exact) mass is 391 g/mol. The van der Waals surface area contributed by atoms with Crippen LogP contribution in [0.15, 0.2) is 22.7 Å². The van der Waals surface area contributed by atoms with Gasteiger partial charge in [-0.25, -0.2) is 4.39 Å². The summed E-state index contributed by atoms with van der Waals surface area (Å²) in [4.78, 5) is 12.4. The van der Waals surface area contributed by atoms with Crippen LogP contribution in [0.3, 0.4) is 0 Å². The van der Waals surface area contributed by atoms with E-state index in [2.05, 4.69) is 37.2 Å². The van der Waals surface area contributed by atoms with Gasteiger partial charge in [-0.1, -0.05) is 44.7 Å². The summed E-state index contributed by atoms with van der Waals surface area (Å²) in [5.74, 6) is -0.392. The molecule has 5 heteroatoms. The standard InChI is InChI=1S/C14H16Br2FNO/c15-10-5-6-13(17)11(7-10)14(19)18-8-9-3-1-2-4-12(9)16/h5-7,9,12H,1-4,8H2,(H,18,19). The molecule has 0 saturated heterocycles. The highest BCUT2D eigenvalue weighted by atomic mass is 79.9. The zero-order chi connectivity index (χ0) is 13.8. The van der Waals surface area contributed by atoms with Crippen LogP contribution in [0.1, 0.15) is 36.0 Å². The third-order valence-corrected chi connectivity index (χ3v) is 5.21. The highest BCUT2D eigenvalue weighted by Gasteiger charge is 2.23. The van der Waals surface area contributed by atoms with E-state index in [4.69, 9.17) is 0 Å². The van der Waals surface area contributed by atoms with E-state index in [0.717, 1.165) is 12.8 Å². The zero-order valence-electron chi connectivity index (χ0n) is 10.5. The van der Waals surface area contributed by atoms with Crippen molar-refractivity contribution in [3.8, 4) is 0 Å². The van der Waals surface area contributed by atoms with Crippen LogP contribution in [-0.4, -0.2) is 17.3 Å². The fourth-order valence-electron chi connectivity index (χ4n) is 2.38. The number of carbonyl (C=O) groups excluding carboxylic acids is 1. The van der Waals surface area contributed by atoms with Crippen molar-refractivity contribution in [2.45, 2.75) is 30.5 Å². The Kier molecular flexibility index (Phi) is 5.39. The maximum Gasteiger partial charge on any atom is 0.254 e. The predicted molar refractivity (Wildman–Crippen MR) is 81.1 cm³/mol. The van der Waals surface area contributed by atoms with Gasteiger partial charge in [-0.05, 0) is 37.0 Å². The largest absolute Gasteiger partial charge is 0.352 e. The first-order chi connectivity index (χ1) is 9.08. The van der Waals surface area contributed by atoms with Crippen molar-refractivity contribution in [3.63, 3.8) is 0 Å². The normalized spacial score (nSPS) is 23.1. The molecule has 0 bridgehead atoms. The fraction of sp³-hybridized carbons (Fsp3) is 0.500. The molecule has 2 unspecified atom stereocenters. The Balaban J connectivity index is 1.95. The molecule has 2 nitrogen and oxygen atoms in total. The molecule has 19 heavy (non-hydrogen) atoms. The molecule has 0 heterocycles. The van der Waals surface area contributed by atoms with Gasteiger partial charge < -0.3 is 5.32 Å². The first-order valence-corrected chi connectivity index (χ1v) is 8.16. The summed E-state index contributed by atoms with van der Waals surface area (Å²) < 4.78 is 14.3. The summed E-state index contributed by atoms with van der Waals surface area (Å²) in [6, 6.07) is 4.39. The van der Waals surface area contributed by atoms with Crippen molar-refractivity contribution in [1.29, 1.82) is 0 Å². The summed E-state index contributed by atoms with van der Waals surface area (Å²) in [7, 11) is 0. The van der Waals surface area contributed by atoms with E-state index in [1.54, 1.807) is 6.07 Å². The molecule has 1 N–H and O–H groups in total. The number of rotatable bonds is 3. The number of halogens is 3. The van der Waals surface area contributed by atoms with Crippen molar-refractivity contribution >= 4 is 37.8 Å². The molecule has 2 atom stereocenters. The Bertz CT molecular complexity index is 467. The van der Waals surface area contributed by atoms with Crippen LogP contribution in [-0.2, 0) is 0 Å². The smallest absolute Gasteiger partial charge is 0.254 e. The number of hydrogen-bond donors (Lipinski definition) is 1. The molecule has 0 radical (unpaired) electrons. The first-order valence-electron chi connectivity index (χ1n) is 6.45. The molecule has 104 valence electrons. The van der Waals surface area contributed by atoms with Gasteiger partial charge in [-0.2, -0.15) is 0 Å². The van der Waals surface area contributed by atoms with Crippen molar-refractivity contribution in [2.24, 2.45) is 5.92 Å². The molecule has 2 rings (SSSR count). The summed E-state index contributed by atoms with van der Waals surface area (Å²) in [6.07, 6.45) is 4.69. The molecule has 1 aromatic rings. The summed E-state index contributed by atoms with van der Waals surface area (Å²) in [5, 5.41) is 2.84. The topological polar surface area (TPSA) is 29.1 Å². The van der Waals surface area contributed by atoms with Crippen LogP contribution in [0.4, 0.5) is 4.39 Å². The van der Waals surface area contributed by atoms with Gasteiger partial charge in [0.05, 0.1) is 5.56 Å². The van der Waals surface area contributed by atoms with Crippen LogP contribution in [0.5, 0.6) is 0 Å². The zero-order valence-corrected chi connectivity index (χ0v) is 13.6. The van der Waals surface area contributed by atoms with Crippen LogP contribution in [0.25, 0.3) is 0 Å². The first kappa shape index (κ1) is 15.0. The number of hydrogen-bond acceptors (Lipinski definition) is 1. The quantitative estimate of drug-likeness (QED) is 0.764. The van der Waals surface area contributed by atoms with Crippen molar-refractivity contribution in [2.75, 3.05) is 6.54 Å². The second kappa shape index (κ2) is 6.84. The molecule has 1 amide bonds. The maximum atomic E-state index is 13.6. The molecular weight excluding hydrogens is 377 g/mol. The van der Waals surface area contributed by atoms with E-state index in [1.165, 1.54) is 25.0 Å². The molecule has 1 aromatic carbocycles. The van der Waals surface area contributed by atoms with E-state index in [1.807, 2.05) is 0 Å². The summed E-state index contributed by atoms with van der Waals surface area (Å²) >= 11 is 6.90. The van der Waals surface area contributed by atoms with Crippen molar-refractivity contribution < 1.29 is 9.18 Å². The van der Waals surface area contributed by atoms with Crippen molar-refractivity contribution in [1.82, 2.24) is 5.32 Å². The lowest BCUT2D eigenvalue weighted by atomic mass is 9.89. The molecule has 1 saturated carbocycles. The van der Waals surface area contributed by atoms with Gasteiger partial charge in [0.25, 0.3) is 5.91 Å². The molecule has 0 spiro atoms. The van der Waals surface area contributed by atoms with Gasteiger partial charge in [0, 0.05) is 15.8 Å². The van der Waals surface area contributed by atoms with E-state index in [9.17, 15) is 9.18 Å². The minimum Gasteiger partial charge on any atom is -0.352 e. The highest BCUT2D eigenvalue weighted by Crippen LogP contribution is 2.29. The Labute approximate surface area is 129 Å². The molecule has 0 aliphatic heterocycles. The van der Waals surface area contributed by atoms with Crippen LogP contribution in [0.2, 0.25) is 0 Å². The Morgan fingerprint density at radius 1 is 1.37 bits per heavy atom. The lowest BCUT2D eigenvalue weighted by Gasteiger charge is -2.27. The molecule has 1 aliphatic rings. The molecule has 1 aliphatic carbocycles. The average molecular weight is 393 g/mol. The van der Waals surface area contributed by atoms with E-state index < -0.39 is 5.82 Å². The number of amides is 1. The van der Waals surface area contributed by atoms with Gasteiger partial charge in [0.2, 0.25) is 0 Å². The maximum absolute atomic E-state index is 13.6. The third-order valence-electron chi connectivity index (χ3n) is 3.51. The average Bonchev–Trinajstić information content (AvgIpc) is 2.40. The SMILES string of the molecule is O=C(NCC1CCCCC1Br)c1cc(Br)ccc1F. The second-order valence-corrected chi connectivity index (χ2v) is 6.99. The van der Waals surface area contributed by atoms with Gasteiger partial charge in [0.15, 0.2) is 0 Å². The lowest BCUT2D eigenvalue weighted by molar-refractivity contribution is 0.0940. The summed E-state index contributed by atoms with van der Waals surface area (Å²) in [6.45, 7) is 0.598. The number of alkyl halides is 1. The predicted octanol–water partition coefficient (Wildman–Crippen LogP) is 4.27. The van der Waals surface area contributed by atoms with E-state index >= 15 is 0 Å². The van der Waals surface area contributed by atoms with Gasteiger partial charge in [-0.3, -0.25) is 4.79 Å². The van der Waals surface area contributed by atoms with Crippen molar-refractivity contribution in [3.05, 3.63) is 34.1 Å². The Hall–Kier alpha value is -0.420. The number of nitrogens with one attached hydrogen (secondary N) is 1. The van der Waals surface area contributed by atoms with E-state index in [0.29, 0.717) is 21.8 Å².